The summed E-state index contributed by atoms with van der Waals surface area (Å²) in [5.41, 5.74) is 1.72. The van der Waals surface area contributed by atoms with Crippen LogP contribution in [0.1, 0.15) is 30.6 Å². The molecular weight excluding hydrogens is 372 g/mol. The first-order valence-electron chi connectivity index (χ1n) is 9.94. The van der Waals surface area contributed by atoms with E-state index in [0.29, 0.717) is 5.92 Å². The molecule has 1 saturated heterocycles. The highest BCUT2D eigenvalue weighted by Crippen LogP contribution is 2.29. The van der Waals surface area contributed by atoms with Crippen LogP contribution in [-0.4, -0.2) is 49.7 Å². The Balaban J connectivity index is 0.00000280. The second kappa shape index (κ2) is 11.2. The van der Waals surface area contributed by atoms with E-state index in [1.54, 1.807) is 0 Å². The van der Waals surface area contributed by atoms with Gasteiger partial charge >= 0.3 is 0 Å². The summed E-state index contributed by atoms with van der Waals surface area (Å²) in [7, 11) is 0. The van der Waals surface area contributed by atoms with Gasteiger partial charge in [0.25, 0.3) is 5.91 Å². The van der Waals surface area contributed by atoms with Crippen LogP contribution >= 0.6 is 12.4 Å². The van der Waals surface area contributed by atoms with Gasteiger partial charge < -0.3 is 14.5 Å². The van der Waals surface area contributed by atoms with Crippen molar-refractivity contribution >= 4 is 24.0 Å². The monoisotopic (exact) mass is 402 g/mol. The highest BCUT2D eigenvalue weighted by atomic mass is 35.5. The summed E-state index contributed by atoms with van der Waals surface area (Å²) >= 11 is 0. The van der Waals surface area contributed by atoms with E-state index in [9.17, 15) is 4.79 Å². The minimum Gasteiger partial charge on any atom is -0.380 e. The molecule has 1 aliphatic heterocycles. The fourth-order valence-electron chi connectivity index (χ4n) is 3.91. The molecule has 3 rings (SSSR count). The van der Waals surface area contributed by atoms with Crippen LogP contribution in [0.3, 0.4) is 0 Å². The van der Waals surface area contributed by atoms with Crippen molar-refractivity contribution in [1.82, 2.24) is 4.90 Å². The summed E-state index contributed by atoms with van der Waals surface area (Å²) in [5.74, 6) is 0.481. The Bertz CT molecular complexity index is 711. The topological polar surface area (TPSA) is 32.8 Å². The van der Waals surface area contributed by atoms with Crippen molar-refractivity contribution < 1.29 is 9.53 Å². The van der Waals surface area contributed by atoms with Crippen LogP contribution in [0.25, 0.3) is 0 Å². The SMILES string of the molecule is CCOCCN1CC[C@H](N(C(=O)c2ccccc2)c2ccccc2)[C@H](C)C1.Cl. The number of hydrogen-bond acceptors (Lipinski definition) is 3. The number of rotatable bonds is 7. The summed E-state index contributed by atoms with van der Waals surface area (Å²) in [4.78, 5) is 17.8. The Hall–Kier alpha value is -1.88. The third-order valence-corrected chi connectivity index (χ3v) is 5.31. The number of hydrogen-bond donors (Lipinski definition) is 0. The van der Waals surface area contributed by atoms with Gasteiger partial charge in [0.1, 0.15) is 0 Å². The molecule has 28 heavy (non-hydrogen) atoms. The van der Waals surface area contributed by atoms with E-state index in [4.69, 9.17) is 4.74 Å². The number of piperidine rings is 1. The number of nitrogens with zero attached hydrogens (tertiary/aromatic N) is 2. The van der Waals surface area contributed by atoms with Crippen LogP contribution < -0.4 is 4.90 Å². The number of para-hydroxylation sites is 1. The van der Waals surface area contributed by atoms with Gasteiger partial charge in [0.05, 0.1) is 6.61 Å². The Morgan fingerprint density at radius 2 is 1.75 bits per heavy atom. The molecule has 0 bridgehead atoms. The summed E-state index contributed by atoms with van der Waals surface area (Å²) in [6, 6.07) is 19.9. The Kier molecular flexibility index (Phi) is 8.97. The van der Waals surface area contributed by atoms with Gasteiger partial charge in [-0.15, -0.1) is 12.4 Å². The molecule has 2 aromatic rings. The predicted molar refractivity (Wildman–Crippen MR) is 117 cm³/mol. The molecule has 1 fully saturated rings. The number of benzene rings is 2. The number of likely N-dealkylation sites (tertiary alicyclic amines) is 1. The van der Waals surface area contributed by atoms with Gasteiger partial charge in [-0.3, -0.25) is 4.79 Å². The van der Waals surface area contributed by atoms with E-state index in [1.807, 2.05) is 72.5 Å². The van der Waals surface area contributed by atoms with Crippen LogP contribution in [0.4, 0.5) is 5.69 Å². The Morgan fingerprint density at radius 1 is 1.11 bits per heavy atom. The van der Waals surface area contributed by atoms with Gasteiger partial charge in [0.2, 0.25) is 0 Å². The number of halogens is 1. The predicted octanol–water partition coefficient (Wildman–Crippen LogP) is 4.50. The van der Waals surface area contributed by atoms with Gasteiger partial charge in [-0.25, -0.2) is 0 Å². The molecule has 0 N–H and O–H groups in total. The average molecular weight is 403 g/mol. The van der Waals surface area contributed by atoms with Crippen LogP contribution in [0.15, 0.2) is 60.7 Å². The molecule has 0 spiro atoms. The van der Waals surface area contributed by atoms with Gasteiger partial charge in [-0.2, -0.15) is 0 Å². The lowest BCUT2D eigenvalue weighted by Gasteiger charge is -2.42. The molecule has 2 aromatic carbocycles. The molecule has 1 heterocycles. The molecule has 1 aliphatic rings. The molecular formula is C23H31ClN2O2. The molecule has 0 aliphatic carbocycles. The van der Waals surface area contributed by atoms with Crippen molar-refractivity contribution in [2.75, 3.05) is 37.7 Å². The van der Waals surface area contributed by atoms with Crippen molar-refractivity contribution in [3.05, 3.63) is 66.2 Å². The average Bonchev–Trinajstić information content (AvgIpc) is 2.71. The van der Waals surface area contributed by atoms with E-state index in [2.05, 4.69) is 11.8 Å². The molecule has 2 atom stereocenters. The summed E-state index contributed by atoms with van der Waals surface area (Å²) < 4.78 is 5.50. The maximum atomic E-state index is 13.4. The van der Waals surface area contributed by atoms with Crippen LogP contribution in [-0.2, 0) is 4.74 Å². The second-order valence-electron chi connectivity index (χ2n) is 7.21. The number of carbonyl (C=O) groups is 1. The Labute approximate surface area is 174 Å². The summed E-state index contributed by atoms with van der Waals surface area (Å²) in [5, 5.41) is 0. The highest BCUT2D eigenvalue weighted by molar-refractivity contribution is 6.06. The number of carbonyl (C=O) groups excluding carboxylic acids is 1. The number of ether oxygens (including phenoxy) is 1. The summed E-state index contributed by atoms with van der Waals surface area (Å²) in [6.45, 7) is 8.77. The van der Waals surface area contributed by atoms with E-state index < -0.39 is 0 Å². The van der Waals surface area contributed by atoms with Gasteiger partial charge in [-0.05, 0) is 43.5 Å². The first-order chi connectivity index (χ1) is 13.2. The van der Waals surface area contributed by atoms with E-state index >= 15 is 0 Å². The van der Waals surface area contributed by atoms with Crippen molar-refractivity contribution in [2.45, 2.75) is 26.3 Å². The number of anilines is 1. The molecule has 0 saturated carbocycles. The highest BCUT2D eigenvalue weighted by Gasteiger charge is 2.34. The molecule has 5 heteroatoms. The van der Waals surface area contributed by atoms with Crippen LogP contribution in [0.5, 0.6) is 0 Å². The molecule has 0 aromatic heterocycles. The first kappa shape index (κ1) is 22.4. The molecule has 0 radical (unpaired) electrons. The summed E-state index contributed by atoms with van der Waals surface area (Å²) in [6.07, 6.45) is 0.973. The van der Waals surface area contributed by atoms with Crippen LogP contribution in [0.2, 0.25) is 0 Å². The number of amides is 1. The minimum atomic E-state index is 0. The van der Waals surface area contributed by atoms with Gasteiger partial charge in [0, 0.05) is 43.5 Å². The molecule has 4 nitrogen and oxygen atoms in total. The van der Waals surface area contributed by atoms with Gasteiger partial charge in [0.15, 0.2) is 0 Å². The second-order valence-corrected chi connectivity index (χ2v) is 7.21. The quantitative estimate of drug-likeness (QED) is 0.639. The van der Waals surface area contributed by atoms with Crippen molar-refractivity contribution in [1.29, 1.82) is 0 Å². The fraction of sp³-hybridized carbons (Fsp3) is 0.435. The fourth-order valence-corrected chi connectivity index (χ4v) is 3.91. The van der Waals surface area contributed by atoms with Gasteiger partial charge in [-0.1, -0.05) is 43.3 Å². The van der Waals surface area contributed by atoms with Crippen LogP contribution in [0, 0.1) is 5.92 Å². The molecule has 152 valence electrons. The van der Waals surface area contributed by atoms with Crippen molar-refractivity contribution in [2.24, 2.45) is 5.92 Å². The molecule has 0 unspecified atom stereocenters. The van der Waals surface area contributed by atoms with E-state index in [0.717, 1.165) is 50.5 Å². The third kappa shape index (κ3) is 5.57. The largest absolute Gasteiger partial charge is 0.380 e. The smallest absolute Gasteiger partial charge is 0.258 e. The van der Waals surface area contributed by atoms with E-state index in [1.165, 1.54) is 0 Å². The lowest BCUT2D eigenvalue weighted by Crippen LogP contribution is -2.53. The lowest BCUT2D eigenvalue weighted by atomic mass is 9.91. The normalized spacial score (nSPS) is 19.6. The molecule has 1 amide bonds. The standard InChI is InChI=1S/C23H30N2O2.ClH/c1-3-27-17-16-24-15-14-22(19(2)18-24)25(21-12-8-5-9-13-21)23(26)20-10-6-4-7-11-20;/h4-13,19,22H,3,14-18H2,1-2H3;1H/t19-,22+;/m1./s1. The minimum absolute atomic E-state index is 0. The van der Waals surface area contributed by atoms with Crippen molar-refractivity contribution in [3.63, 3.8) is 0 Å². The van der Waals surface area contributed by atoms with Crippen molar-refractivity contribution in [3.8, 4) is 0 Å². The zero-order valence-electron chi connectivity index (χ0n) is 16.8. The van der Waals surface area contributed by atoms with E-state index in [-0.39, 0.29) is 24.4 Å². The maximum absolute atomic E-state index is 13.4. The lowest BCUT2D eigenvalue weighted by molar-refractivity contribution is 0.0812. The first-order valence-corrected chi connectivity index (χ1v) is 9.94. The zero-order valence-corrected chi connectivity index (χ0v) is 17.6. The Morgan fingerprint density at radius 3 is 2.36 bits per heavy atom. The third-order valence-electron chi connectivity index (χ3n) is 5.31. The zero-order chi connectivity index (χ0) is 19.1. The maximum Gasteiger partial charge on any atom is 0.258 e.